The highest BCUT2D eigenvalue weighted by Gasteiger charge is 2.21. The average molecular weight is 396 g/mol. The molecule has 2 aromatic heterocycles. The van der Waals surface area contributed by atoms with Crippen LogP contribution in [-0.2, 0) is 7.05 Å². The van der Waals surface area contributed by atoms with Crippen LogP contribution in [0.1, 0.15) is 0 Å². The Balaban J connectivity index is 1.84. The summed E-state index contributed by atoms with van der Waals surface area (Å²) in [5.74, 6) is 0. The van der Waals surface area contributed by atoms with Crippen molar-refractivity contribution in [3.63, 3.8) is 0 Å². The van der Waals surface area contributed by atoms with E-state index in [1.165, 1.54) is 0 Å². The minimum atomic E-state index is 0.862. The van der Waals surface area contributed by atoms with Gasteiger partial charge in [-0.3, -0.25) is 0 Å². The highest BCUT2D eigenvalue weighted by molar-refractivity contribution is 7.12. The third-order valence-electron chi connectivity index (χ3n) is 4.90. The minimum Gasteiger partial charge on any atom is -0.307 e. The number of fused-ring (bicyclic) bond motifs is 1. The lowest BCUT2D eigenvalue weighted by atomic mass is 10.1. The summed E-state index contributed by atoms with van der Waals surface area (Å²) in [7, 11) is 1.98. The van der Waals surface area contributed by atoms with Crippen molar-refractivity contribution in [3.05, 3.63) is 96.5 Å². The van der Waals surface area contributed by atoms with Crippen LogP contribution in [-0.4, -0.2) is 4.57 Å². The summed E-state index contributed by atoms with van der Waals surface area (Å²) in [4.78, 5) is 0. The van der Waals surface area contributed by atoms with E-state index in [4.69, 9.17) is 5.11 Å². The zero-order valence-corrected chi connectivity index (χ0v) is 16.8. The van der Waals surface area contributed by atoms with Crippen molar-refractivity contribution in [1.82, 2.24) is 4.57 Å². The Morgan fingerprint density at radius 3 is 2.21 bits per heavy atom. The van der Waals surface area contributed by atoms with Gasteiger partial charge >= 0.3 is 5.13 Å². The second-order valence-electron chi connectivity index (χ2n) is 6.75. The third-order valence-corrected chi connectivity index (χ3v) is 5.74. The molecule has 29 heavy (non-hydrogen) atoms. The molecule has 0 aliphatic carbocycles. The molecule has 0 aliphatic rings. The van der Waals surface area contributed by atoms with E-state index in [0.717, 1.165) is 38.7 Å². The Labute approximate surface area is 173 Å². The Kier molecular flexibility index (Phi) is 4.50. The Bertz CT molecular complexity index is 1300. The van der Waals surface area contributed by atoms with Gasteiger partial charge in [-0.2, -0.15) is 0 Å². The Morgan fingerprint density at radius 1 is 0.793 bits per heavy atom. The molecule has 140 valence electrons. The van der Waals surface area contributed by atoms with Gasteiger partial charge in [0, 0.05) is 22.0 Å². The van der Waals surface area contributed by atoms with Crippen LogP contribution in [0.2, 0.25) is 0 Å². The number of azo groups is 1. The van der Waals surface area contributed by atoms with Gasteiger partial charge in [0.1, 0.15) is 11.9 Å². The van der Waals surface area contributed by atoms with Gasteiger partial charge in [-0.25, -0.2) is 4.57 Å². The predicted octanol–water partition coefficient (Wildman–Crippen LogP) is 6.60. The largest absolute Gasteiger partial charge is 0.408 e. The molecule has 0 radical (unpaired) electrons. The molecule has 0 saturated heterocycles. The maximum Gasteiger partial charge on any atom is 0.408 e. The number of nitrogens with zero attached hydrogens (tertiary/aromatic N) is 4. The van der Waals surface area contributed by atoms with Gasteiger partial charge in [-0.1, -0.05) is 66.7 Å². The first kappa shape index (κ1) is 17.5. The molecule has 0 unspecified atom stereocenters. The molecule has 0 N–H and O–H groups in total. The third kappa shape index (κ3) is 3.15. The van der Waals surface area contributed by atoms with Crippen molar-refractivity contribution in [2.45, 2.75) is 0 Å². The number of aromatic nitrogens is 2. The molecule has 3 aromatic carbocycles. The summed E-state index contributed by atoms with van der Waals surface area (Å²) in [6, 6.07) is 29.2. The molecule has 5 rings (SSSR count). The van der Waals surface area contributed by atoms with E-state index in [1.54, 1.807) is 11.3 Å². The number of benzene rings is 3. The second kappa shape index (κ2) is 7.45. The fourth-order valence-corrected chi connectivity index (χ4v) is 4.23. The van der Waals surface area contributed by atoms with Crippen LogP contribution < -0.4 is 4.57 Å². The number of rotatable bonds is 4. The maximum atomic E-state index is 4.75. The number of hydrogen-bond donors (Lipinski definition) is 0. The van der Waals surface area contributed by atoms with E-state index in [2.05, 4.69) is 82.5 Å². The van der Waals surface area contributed by atoms with E-state index in [9.17, 15) is 0 Å². The molecule has 5 heteroatoms. The van der Waals surface area contributed by atoms with Crippen LogP contribution in [0, 0.1) is 0 Å². The Hall–Kier alpha value is -3.57. The molecular weight excluding hydrogens is 376 g/mol. The van der Waals surface area contributed by atoms with Crippen molar-refractivity contribution in [3.8, 4) is 16.9 Å². The predicted molar refractivity (Wildman–Crippen MR) is 118 cm³/mol. The summed E-state index contributed by atoms with van der Waals surface area (Å²) in [6.07, 6.45) is 1.99. The molecule has 0 fully saturated rings. The summed E-state index contributed by atoms with van der Waals surface area (Å²) in [6.45, 7) is 0. The van der Waals surface area contributed by atoms with Gasteiger partial charge in [0.15, 0.2) is 0 Å². The molecule has 0 saturated carbocycles. The van der Waals surface area contributed by atoms with E-state index < -0.39 is 0 Å². The van der Waals surface area contributed by atoms with Crippen molar-refractivity contribution < 1.29 is 4.57 Å². The molecule has 0 bridgehead atoms. The number of hydrogen-bond acceptors (Lipinski definition) is 3. The van der Waals surface area contributed by atoms with Crippen LogP contribution >= 0.6 is 11.3 Å². The van der Waals surface area contributed by atoms with Crippen molar-refractivity contribution in [2.24, 2.45) is 17.3 Å². The highest BCUT2D eigenvalue weighted by Crippen LogP contribution is 2.42. The molecule has 0 atom stereocenters. The maximum absolute atomic E-state index is 4.75. The van der Waals surface area contributed by atoms with Crippen LogP contribution in [0.4, 0.5) is 10.8 Å². The summed E-state index contributed by atoms with van der Waals surface area (Å²) >= 11 is 1.57. The van der Waals surface area contributed by atoms with Crippen LogP contribution in [0.5, 0.6) is 0 Å². The van der Waals surface area contributed by atoms with E-state index >= 15 is 0 Å². The number of para-hydroxylation sites is 2. The van der Waals surface area contributed by atoms with Crippen LogP contribution in [0.25, 0.3) is 27.8 Å². The lowest BCUT2D eigenvalue weighted by molar-refractivity contribution is -0.654. The topological polar surface area (TPSA) is 33.5 Å². The fraction of sp³-hybridized carbons (Fsp3) is 0.0417. The van der Waals surface area contributed by atoms with Gasteiger partial charge in [-0.05, 0) is 34.7 Å². The number of aryl methyl sites for hydroxylation is 1. The fourth-order valence-electron chi connectivity index (χ4n) is 3.55. The first-order valence-corrected chi connectivity index (χ1v) is 10.3. The van der Waals surface area contributed by atoms with Crippen molar-refractivity contribution in [1.29, 1.82) is 0 Å². The quantitative estimate of drug-likeness (QED) is 0.243. The van der Waals surface area contributed by atoms with E-state index in [0.29, 0.717) is 0 Å². The lowest BCUT2D eigenvalue weighted by Crippen LogP contribution is -2.23. The van der Waals surface area contributed by atoms with Crippen LogP contribution in [0.3, 0.4) is 0 Å². The lowest BCUT2D eigenvalue weighted by Gasteiger charge is -2.11. The first-order valence-electron chi connectivity index (χ1n) is 9.42. The Morgan fingerprint density at radius 2 is 1.48 bits per heavy atom. The van der Waals surface area contributed by atoms with Gasteiger partial charge in [-0.15, -0.1) is 0 Å². The van der Waals surface area contributed by atoms with E-state index in [-0.39, 0.29) is 0 Å². The van der Waals surface area contributed by atoms with Gasteiger partial charge in [0.2, 0.25) is 0 Å². The summed E-state index contributed by atoms with van der Waals surface area (Å²) in [5, 5.41) is 13.3. The zero-order valence-electron chi connectivity index (χ0n) is 15.9. The standard InChI is InChI=1S/C24H19N4S/c1-27-16-17-29-24(27)26-25-22-20-14-8-9-15-21(20)28(19-12-6-3-7-13-19)23(22)18-10-4-2-5-11-18/h2-17H,1H3/q+1. The van der Waals surface area contributed by atoms with Crippen LogP contribution in [0.15, 0.2) is 107 Å². The smallest absolute Gasteiger partial charge is 0.307 e. The molecule has 0 aliphatic heterocycles. The first-order chi connectivity index (χ1) is 14.3. The normalized spacial score (nSPS) is 11.5. The molecular formula is C24H19N4S+. The molecule has 0 spiro atoms. The second-order valence-corrected chi connectivity index (χ2v) is 7.62. The molecule has 0 amide bonds. The van der Waals surface area contributed by atoms with Crippen molar-refractivity contribution in [2.75, 3.05) is 0 Å². The van der Waals surface area contributed by atoms with Crippen molar-refractivity contribution >= 4 is 33.1 Å². The van der Waals surface area contributed by atoms with Gasteiger partial charge < -0.3 is 4.57 Å². The zero-order chi connectivity index (χ0) is 19.6. The molecule has 4 nitrogen and oxygen atoms in total. The summed E-state index contributed by atoms with van der Waals surface area (Å²) < 4.78 is 4.25. The molecule has 5 aromatic rings. The number of thiazole rings is 1. The monoisotopic (exact) mass is 395 g/mol. The van der Waals surface area contributed by atoms with Gasteiger partial charge in [0.05, 0.1) is 23.4 Å². The summed E-state index contributed by atoms with van der Waals surface area (Å²) in [5.41, 5.74) is 5.25. The highest BCUT2D eigenvalue weighted by atomic mass is 32.1. The van der Waals surface area contributed by atoms with Gasteiger partial charge in [0.25, 0.3) is 0 Å². The average Bonchev–Trinajstić information content (AvgIpc) is 3.34. The SMILES string of the molecule is C[n+]1ccsc1N=Nc1c(-c2ccccc2)n(-c2ccccc2)c2ccccc12. The molecule has 2 heterocycles. The van der Waals surface area contributed by atoms with E-state index in [1.807, 2.05) is 35.3 Å². The minimum absolute atomic E-state index is 0.862.